The Morgan fingerprint density at radius 1 is 1.73 bits per heavy atom. The molecule has 66 valence electrons. The number of halogens is 1. The highest BCUT2D eigenvalue weighted by Crippen LogP contribution is 2.20. The Kier molecular flexibility index (Phi) is 3.16. The largest absolute Gasteiger partial charge is 0.250 e. The molecule has 1 rings (SSSR count). The van der Waals surface area contributed by atoms with E-state index in [1.807, 2.05) is 0 Å². The molecule has 3 nitrogen and oxygen atoms in total. The lowest BCUT2D eigenvalue weighted by Gasteiger charge is -2.10. The minimum absolute atomic E-state index is 0.282. The highest BCUT2D eigenvalue weighted by Gasteiger charge is 2.26. The van der Waals surface area contributed by atoms with E-state index in [0.29, 0.717) is 0 Å². The van der Waals surface area contributed by atoms with Crippen molar-refractivity contribution in [1.29, 1.82) is 0 Å². The Bertz CT molecular complexity index is 247. The first-order valence-corrected chi connectivity index (χ1v) is 6.51. The van der Waals surface area contributed by atoms with Crippen LogP contribution in [0.5, 0.6) is 0 Å². The fourth-order valence-electron chi connectivity index (χ4n) is 1.19. The maximum atomic E-state index is 11.7. The van der Waals surface area contributed by atoms with E-state index >= 15 is 0 Å². The number of nitrogens with zero attached hydrogens (tertiary/aromatic N) is 2. The van der Waals surface area contributed by atoms with Gasteiger partial charge in [0.25, 0.3) is 0 Å². The molecule has 1 aliphatic heterocycles. The molecule has 1 heterocycles. The molecule has 11 heavy (non-hydrogen) atoms. The predicted octanol–water partition coefficient (Wildman–Crippen LogP) is 1.14. The standard InChI is InChI=1S/C6H13IN2OS/c1-8-11(2,10)6-3-4-9(7)5-6/h6H,3-5H2,1-2H3. The summed E-state index contributed by atoms with van der Waals surface area (Å²) < 4.78 is 17.8. The van der Waals surface area contributed by atoms with Crippen LogP contribution in [-0.2, 0) is 9.73 Å². The fourth-order valence-corrected chi connectivity index (χ4v) is 3.51. The van der Waals surface area contributed by atoms with E-state index in [2.05, 4.69) is 30.3 Å². The zero-order chi connectivity index (χ0) is 8.48. The Hall–Kier alpha value is 0.640. The molecule has 2 atom stereocenters. The lowest BCUT2D eigenvalue weighted by atomic mass is 10.4. The molecule has 1 saturated heterocycles. The van der Waals surface area contributed by atoms with Crippen LogP contribution in [0.15, 0.2) is 4.36 Å². The van der Waals surface area contributed by atoms with Crippen molar-refractivity contribution in [3.63, 3.8) is 0 Å². The summed E-state index contributed by atoms with van der Waals surface area (Å²) in [6, 6.07) is 0. The minimum atomic E-state index is -1.90. The topological polar surface area (TPSA) is 32.7 Å². The van der Waals surface area contributed by atoms with Gasteiger partial charge in [-0.25, -0.2) is 11.7 Å². The molecule has 0 aromatic carbocycles. The third-order valence-electron chi connectivity index (χ3n) is 2.08. The van der Waals surface area contributed by atoms with Gasteiger partial charge in [0.05, 0.1) is 5.25 Å². The molecular formula is C6H13IN2OS. The summed E-state index contributed by atoms with van der Waals surface area (Å²) in [6.45, 7) is 1.97. The Morgan fingerprint density at radius 2 is 2.36 bits per heavy atom. The summed E-state index contributed by atoms with van der Waals surface area (Å²) in [5, 5.41) is 0.282. The first-order valence-electron chi connectivity index (χ1n) is 3.56. The van der Waals surface area contributed by atoms with Crippen molar-refractivity contribution in [2.24, 2.45) is 4.36 Å². The van der Waals surface area contributed by atoms with Crippen LogP contribution < -0.4 is 0 Å². The van der Waals surface area contributed by atoms with Crippen molar-refractivity contribution in [3.05, 3.63) is 0 Å². The van der Waals surface area contributed by atoms with E-state index in [-0.39, 0.29) is 5.25 Å². The van der Waals surface area contributed by atoms with Crippen LogP contribution in [0.2, 0.25) is 0 Å². The van der Waals surface area contributed by atoms with E-state index in [4.69, 9.17) is 0 Å². The molecule has 0 spiro atoms. The molecule has 0 saturated carbocycles. The van der Waals surface area contributed by atoms with Crippen molar-refractivity contribution < 1.29 is 4.21 Å². The smallest absolute Gasteiger partial charge is 0.0575 e. The molecule has 1 fully saturated rings. The van der Waals surface area contributed by atoms with Gasteiger partial charge in [0.15, 0.2) is 0 Å². The van der Waals surface area contributed by atoms with Gasteiger partial charge in [-0.15, -0.1) is 0 Å². The Balaban J connectivity index is 2.72. The molecule has 0 amide bonds. The third kappa shape index (κ3) is 2.29. The van der Waals surface area contributed by atoms with Crippen molar-refractivity contribution in [2.45, 2.75) is 11.7 Å². The first-order chi connectivity index (χ1) is 5.06. The number of hydrogen-bond donors (Lipinski definition) is 0. The van der Waals surface area contributed by atoms with E-state index in [0.717, 1.165) is 19.5 Å². The Labute approximate surface area is 82.2 Å². The van der Waals surface area contributed by atoms with Gasteiger partial charge in [-0.3, -0.25) is 0 Å². The predicted molar refractivity (Wildman–Crippen MR) is 56.4 cm³/mol. The van der Waals surface area contributed by atoms with Crippen molar-refractivity contribution in [3.8, 4) is 0 Å². The summed E-state index contributed by atoms with van der Waals surface area (Å²) in [7, 11) is -0.251. The van der Waals surface area contributed by atoms with Crippen molar-refractivity contribution >= 4 is 32.6 Å². The second-order valence-electron chi connectivity index (χ2n) is 2.82. The molecule has 0 aromatic rings. The number of rotatable bonds is 1. The number of hydrogen-bond acceptors (Lipinski definition) is 3. The maximum Gasteiger partial charge on any atom is 0.0575 e. The molecule has 0 N–H and O–H groups in total. The van der Waals surface area contributed by atoms with Gasteiger partial charge in [-0.1, -0.05) is 0 Å². The molecule has 2 unspecified atom stereocenters. The van der Waals surface area contributed by atoms with Crippen LogP contribution >= 0.6 is 22.9 Å². The zero-order valence-electron chi connectivity index (χ0n) is 6.79. The highest BCUT2D eigenvalue weighted by atomic mass is 127. The molecule has 0 radical (unpaired) electrons. The van der Waals surface area contributed by atoms with E-state index in [1.54, 1.807) is 13.3 Å². The van der Waals surface area contributed by atoms with E-state index in [1.165, 1.54) is 0 Å². The van der Waals surface area contributed by atoms with Crippen LogP contribution in [0.4, 0.5) is 0 Å². The molecule has 0 bridgehead atoms. The molecular weight excluding hydrogens is 275 g/mol. The van der Waals surface area contributed by atoms with Gasteiger partial charge >= 0.3 is 0 Å². The van der Waals surface area contributed by atoms with Crippen LogP contribution in [0.25, 0.3) is 0 Å². The van der Waals surface area contributed by atoms with E-state index in [9.17, 15) is 4.21 Å². The van der Waals surface area contributed by atoms with Gasteiger partial charge in [-0.05, 0) is 6.42 Å². The zero-order valence-corrected chi connectivity index (χ0v) is 9.76. The molecule has 5 heteroatoms. The monoisotopic (exact) mass is 288 g/mol. The van der Waals surface area contributed by atoms with Gasteiger partial charge in [0, 0.05) is 59.0 Å². The lowest BCUT2D eigenvalue weighted by molar-refractivity contribution is 0.630. The third-order valence-corrected chi connectivity index (χ3v) is 5.30. The lowest BCUT2D eigenvalue weighted by Crippen LogP contribution is -2.21. The normalized spacial score (nSPS) is 31.7. The fraction of sp³-hybridized carbons (Fsp3) is 1.00. The minimum Gasteiger partial charge on any atom is -0.250 e. The molecule has 0 aromatic heterocycles. The van der Waals surface area contributed by atoms with Gasteiger partial charge < -0.3 is 0 Å². The van der Waals surface area contributed by atoms with Crippen molar-refractivity contribution in [1.82, 2.24) is 3.11 Å². The van der Waals surface area contributed by atoms with Crippen molar-refractivity contribution in [2.75, 3.05) is 26.4 Å². The summed E-state index contributed by atoms with van der Waals surface area (Å²) in [5.74, 6) is 0. The summed E-state index contributed by atoms with van der Waals surface area (Å²) >= 11 is 2.27. The first kappa shape index (κ1) is 9.73. The average Bonchev–Trinajstić information content (AvgIpc) is 2.36. The van der Waals surface area contributed by atoms with Crippen LogP contribution in [0, 0.1) is 0 Å². The summed E-state index contributed by atoms with van der Waals surface area (Å²) in [6.07, 6.45) is 2.78. The average molecular weight is 288 g/mol. The second-order valence-corrected chi connectivity index (χ2v) is 6.94. The van der Waals surface area contributed by atoms with Crippen LogP contribution in [-0.4, -0.2) is 39.0 Å². The van der Waals surface area contributed by atoms with E-state index < -0.39 is 9.73 Å². The Morgan fingerprint density at radius 3 is 2.73 bits per heavy atom. The molecule has 1 aliphatic rings. The van der Waals surface area contributed by atoms with Gasteiger partial charge in [-0.2, -0.15) is 0 Å². The summed E-state index contributed by atoms with van der Waals surface area (Å²) in [5.41, 5.74) is 0. The van der Waals surface area contributed by atoms with Gasteiger partial charge in [0.2, 0.25) is 0 Å². The highest BCUT2D eigenvalue weighted by molar-refractivity contribution is 14.1. The van der Waals surface area contributed by atoms with Gasteiger partial charge in [0.1, 0.15) is 0 Å². The maximum absolute atomic E-state index is 11.7. The second kappa shape index (κ2) is 3.57. The van der Waals surface area contributed by atoms with Crippen LogP contribution in [0.3, 0.4) is 0 Å². The molecule has 0 aliphatic carbocycles. The quantitative estimate of drug-likeness (QED) is 0.535. The van der Waals surface area contributed by atoms with Crippen LogP contribution in [0.1, 0.15) is 6.42 Å². The SMILES string of the molecule is CN=S(C)(=O)C1CCN(I)C1. The summed E-state index contributed by atoms with van der Waals surface area (Å²) in [4.78, 5) is 0.